The van der Waals surface area contributed by atoms with E-state index in [1.165, 1.54) is 5.56 Å². The highest BCUT2D eigenvalue weighted by molar-refractivity contribution is 5.82. The van der Waals surface area contributed by atoms with Gasteiger partial charge in [-0.05, 0) is 24.8 Å². The van der Waals surface area contributed by atoms with Gasteiger partial charge in [0, 0.05) is 19.7 Å². The summed E-state index contributed by atoms with van der Waals surface area (Å²) < 4.78 is 5.58. The molecule has 0 aromatic heterocycles. The van der Waals surface area contributed by atoms with Crippen molar-refractivity contribution in [2.75, 3.05) is 19.7 Å². The molecule has 2 rings (SSSR count). The second kappa shape index (κ2) is 8.77. The minimum absolute atomic E-state index is 0.0169. The van der Waals surface area contributed by atoms with Crippen LogP contribution >= 0.6 is 0 Å². The first-order valence-corrected chi connectivity index (χ1v) is 7.56. The lowest BCUT2D eigenvalue weighted by Crippen LogP contribution is -2.40. The molecular formula is C16H24N2O3. The fourth-order valence-electron chi connectivity index (χ4n) is 2.34. The Morgan fingerprint density at radius 1 is 1.33 bits per heavy atom. The van der Waals surface area contributed by atoms with Crippen molar-refractivity contribution >= 4 is 5.91 Å². The summed E-state index contributed by atoms with van der Waals surface area (Å²) >= 11 is 0. The fraction of sp³-hybridized carbons (Fsp3) is 0.562. The molecule has 1 aliphatic rings. The Kier molecular flexibility index (Phi) is 6.66. The Morgan fingerprint density at radius 3 is 2.86 bits per heavy atom. The van der Waals surface area contributed by atoms with Gasteiger partial charge < -0.3 is 20.5 Å². The molecule has 21 heavy (non-hydrogen) atoms. The molecule has 1 aromatic carbocycles. The molecule has 5 heteroatoms. The van der Waals surface area contributed by atoms with E-state index in [1.54, 1.807) is 0 Å². The highest BCUT2D eigenvalue weighted by Gasteiger charge is 2.27. The van der Waals surface area contributed by atoms with Gasteiger partial charge in [-0.15, -0.1) is 0 Å². The largest absolute Gasteiger partial charge is 0.392 e. The molecular weight excluding hydrogens is 268 g/mol. The number of unbranched alkanes of at least 4 members (excludes halogenated alkanes) is 1. The number of carbonyl (C=O) groups is 1. The molecule has 1 aromatic rings. The Labute approximate surface area is 125 Å². The van der Waals surface area contributed by atoms with Crippen LogP contribution in [-0.4, -0.2) is 42.9 Å². The second-order valence-electron chi connectivity index (χ2n) is 5.39. The second-order valence-corrected chi connectivity index (χ2v) is 5.39. The fourth-order valence-corrected chi connectivity index (χ4v) is 2.34. The van der Waals surface area contributed by atoms with Gasteiger partial charge in [-0.25, -0.2) is 0 Å². The van der Waals surface area contributed by atoms with Gasteiger partial charge >= 0.3 is 0 Å². The SMILES string of the molecule is O=C(NCCCCOCc1ccccc1)C1CC(O)CN1. The Hall–Kier alpha value is -1.43. The van der Waals surface area contributed by atoms with Crippen LogP contribution in [0, 0.1) is 0 Å². The summed E-state index contributed by atoms with van der Waals surface area (Å²) in [7, 11) is 0. The van der Waals surface area contributed by atoms with E-state index < -0.39 is 6.10 Å². The van der Waals surface area contributed by atoms with Crippen molar-refractivity contribution in [2.24, 2.45) is 0 Å². The van der Waals surface area contributed by atoms with E-state index >= 15 is 0 Å². The molecule has 5 nitrogen and oxygen atoms in total. The van der Waals surface area contributed by atoms with Crippen LogP contribution < -0.4 is 10.6 Å². The summed E-state index contributed by atoms with van der Waals surface area (Å²) in [5.41, 5.74) is 1.18. The van der Waals surface area contributed by atoms with Crippen LogP contribution in [-0.2, 0) is 16.1 Å². The maximum Gasteiger partial charge on any atom is 0.237 e. The zero-order valence-corrected chi connectivity index (χ0v) is 12.3. The third kappa shape index (κ3) is 5.83. The van der Waals surface area contributed by atoms with E-state index in [1.807, 2.05) is 30.3 Å². The lowest BCUT2D eigenvalue weighted by Gasteiger charge is -2.11. The van der Waals surface area contributed by atoms with Gasteiger partial charge in [0.05, 0.1) is 18.8 Å². The summed E-state index contributed by atoms with van der Waals surface area (Å²) in [6.45, 7) is 2.50. The van der Waals surface area contributed by atoms with Gasteiger partial charge in [-0.3, -0.25) is 4.79 Å². The lowest BCUT2D eigenvalue weighted by atomic mass is 10.2. The molecule has 1 heterocycles. The van der Waals surface area contributed by atoms with Crippen molar-refractivity contribution < 1.29 is 14.6 Å². The minimum Gasteiger partial charge on any atom is -0.392 e. The Bertz CT molecular complexity index is 425. The highest BCUT2D eigenvalue weighted by atomic mass is 16.5. The van der Waals surface area contributed by atoms with Crippen molar-refractivity contribution in [3.63, 3.8) is 0 Å². The molecule has 1 fully saturated rings. The van der Waals surface area contributed by atoms with E-state index in [0.717, 1.165) is 12.8 Å². The van der Waals surface area contributed by atoms with Crippen LogP contribution in [0.15, 0.2) is 30.3 Å². The molecule has 2 atom stereocenters. The first-order chi connectivity index (χ1) is 10.3. The molecule has 116 valence electrons. The van der Waals surface area contributed by atoms with Gasteiger partial charge in [0.2, 0.25) is 5.91 Å². The summed E-state index contributed by atoms with van der Waals surface area (Å²) in [6, 6.07) is 9.84. The topological polar surface area (TPSA) is 70.6 Å². The molecule has 0 saturated carbocycles. The lowest BCUT2D eigenvalue weighted by molar-refractivity contribution is -0.122. The third-order valence-electron chi connectivity index (χ3n) is 3.55. The number of carbonyl (C=O) groups excluding carboxylic acids is 1. The standard InChI is InChI=1S/C16H24N2O3/c19-14-10-15(18-11-14)16(20)17-8-4-5-9-21-12-13-6-2-1-3-7-13/h1-3,6-7,14-15,18-19H,4-5,8-12H2,(H,17,20). The summed E-state index contributed by atoms with van der Waals surface area (Å²) in [4.78, 5) is 11.7. The van der Waals surface area contributed by atoms with Crippen LogP contribution in [0.5, 0.6) is 0 Å². The number of hydrogen-bond acceptors (Lipinski definition) is 4. The van der Waals surface area contributed by atoms with Crippen molar-refractivity contribution in [1.29, 1.82) is 0 Å². The smallest absolute Gasteiger partial charge is 0.237 e. The van der Waals surface area contributed by atoms with Crippen LogP contribution in [0.2, 0.25) is 0 Å². The quantitative estimate of drug-likeness (QED) is 0.621. The van der Waals surface area contributed by atoms with E-state index in [2.05, 4.69) is 10.6 Å². The number of hydrogen-bond donors (Lipinski definition) is 3. The number of aliphatic hydroxyl groups excluding tert-OH is 1. The van der Waals surface area contributed by atoms with Gasteiger partial charge in [-0.1, -0.05) is 30.3 Å². The van der Waals surface area contributed by atoms with Gasteiger partial charge in [0.25, 0.3) is 0 Å². The summed E-state index contributed by atoms with van der Waals surface area (Å²) in [6.07, 6.45) is 1.93. The number of amides is 1. The predicted octanol–water partition coefficient (Wildman–Crippen LogP) is 0.822. The highest BCUT2D eigenvalue weighted by Crippen LogP contribution is 2.06. The van der Waals surface area contributed by atoms with Crippen LogP contribution in [0.4, 0.5) is 0 Å². The molecule has 0 aliphatic carbocycles. The first kappa shape index (κ1) is 15.9. The number of aliphatic hydroxyl groups is 1. The van der Waals surface area contributed by atoms with E-state index in [-0.39, 0.29) is 11.9 Å². The van der Waals surface area contributed by atoms with E-state index in [4.69, 9.17) is 4.74 Å². The number of ether oxygens (including phenoxy) is 1. The maximum absolute atomic E-state index is 11.7. The molecule has 2 unspecified atom stereocenters. The van der Waals surface area contributed by atoms with Crippen molar-refractivity contribution in [2.45, 2.75) is 38.0 Å². The van der Waals surface area contributed by atoms with E-state index in [9.17, 15) is 9.90 Å². The molecule has 0 bridgehead atoms. The molecule has 1 amide bonds. The number of nitrogens with one attached hydrogen (secondary N) is 2. The minimum atomic E-state index is -0.396. The molecule has 1 saturated heterocycles. The van der Waals surface area contributed by atoms with Crippen LogP contribution in [0.3, 0.4) is 0 Å². The van der Waals surface area contributed by atoms with Gasteiger partial charge in [0.15, 0.2) is 0 Å². The van der Waals surface area contributed by atoms with Crippen LogP contribution in [0.25, 0.3) is 0 Å². The molecule has 0 spiro atoms. The average molecular weight is 292 g/mol. The van der Waals surface area contributed by atoms with Crippen LogP contribution in [0.1, 0.15) is 24.8 Å². The zero-order chi connectivity index (χ0) is 14.9. The zero-order valence-electron chi connectivity index (χ0n) is 12.3. The van der Waals surface area contributed by atoms with Crippen molar-refractivity contribution in [3.05, 3.63) is 35.9 Å². The molecule has 0 radical (unpaired) electrons. The average Bonchev–Trinajstić information content (AvgIpc) is 2.94. The number of rotatable bonds is 8. The number of benzene rings is 1. The Morgan fingerprint density at radius 2 is 2.14 bits per heavy atom. The predicted molar refractivity (Wildman–Crippen MR) is 80.8 cm³/mol. The van der Waals surface area contributed by atoms with Crippen molar-refractivity contribution in [3.8, 4) is 0 Å². The maximum atomic E-state index is 11.7. The van der Waals surface area contributed by atoms with Gasteiger partial charge in [0.1, 0.15) is 0 Å². The first-order valence-electron chi connectivity index (χ1n) is 7.56. The normalized spacial score (nSPS) is 21.4. The van der Waals surface area contributed by atoms with Gasteiger partial charge in [-0.2, -0.15) is 0 Å². The van der Waals surface area contributed by atoms with E-state index in [0.29, 0.717) is 32.7 Å². The molecule has 1 aliphatic heterocycles. The number of β-amino-alcohol motifs (C(OH)–C–C–N with tert-alkyl or cyclic N) is 1. The summed E-state index contributed by atoms with van der Waals surface area (Å²) in [5, 5.41) is 15.2. The molecule has 3 N–H and O–H groups in total. The monoisotopic (exact) mass is 292 g/mol. The third-order valence-corrected chi connectivity index (χ3v) is 3.55. The van der Waals surface area contributed by atoms with Crippen molar-refractivity contribution in [1.82, 2.24) is 10.6 Å². The Balaban J connectivity index is 1.46. The summed E-state index contributed by atoms with van der Waals surface area (Å²) in [5.74, 6) is -0.0169.